The minimum Gasteiger partial charge on any atom is -0.259 e. The van der Waals surface area contributed by atoms with Crippen molar-refractivity contribution in [2.75, 3.05) is 0 Å². The number of nitrogens with zero attached hydrogens (tertiary/aromatic N) is 2. The lowest BCUT2D eigenvalue weighted by molar-refractivity contribution is 0.215. The van der Waals surface area contributed by atoms with Gasteiger partial charge in [0.05, 0.1) is 11.4 Å². The summed E-state index contributed by atoms with van der Waals surface area (Å²) < 4.78 is 0. The first-order chi connectivity index (χ1) is 12.1. The van der Waals surface area contributed by atoms with Crippen molar-refractivity contribution in [3.8, 4) is 0 Å². The first-order valence-corrected chi connectivity index (χ1v) is 10.6. The molecule has 0 amide bonds. The molecule has 0 bridgehead atoms. The summed E-state index contributed by atoms with van der Waals surface area (Å²) in [4.78, 5) is 9.39. The molecule has 0 spiro atoms. The lowest BCUT2D eigenvalue weighted by Crippen LogP contribution is -2.18. The molecular formula is C23H36N2. The highest BCUT2D eigenvalue weighted by Crippen LogP contribution is 2.43. The van der Waals surface area contributed by atoms with Gasteiger partial charge in [0.15, 0.2) is 0 Å². The molecule has 1 heterocycles. The molecule has 0 unspecified atom stereocenters. The topological polar surface area (TPSA) is 25.2 Å². The van der Waals surface area contributed by atoms with E-state index < -0.39 is 0 Å². The largest absolute Gasteiger partial charge is 0.259 e. The third-order valence-electron chi connectivity index (χ3n) is 6.59. The van der Waals surface area contributed by atoms with Gasteiger partial charge in [-0.1, -0.05) is 40.0 Å². The van der Waals surface area contributed by atoms with Crippen molar-refractivity contribution in [1.29, 1.82) is 0 Å². The Labute approximate surface area is 154 Å². The lowest BCUT2D eigenvalue weighted by Gasteiger charge is -2.30. The molecule has 0 radical (unpaired) electrons. The molecule has 1 aromatic heterocycles. The predicted octanol–water partition coefficient (Wildman–Crippen LogP) is 6.93. The van der Waals surface area contributed by atoms with Crippen LogP contribution in [-0.4, -0.2) is 11.2 Å². The van der Waals surface area contributed by atoms with Crippen LogP contribution in [0.1, 0.15) is 90.2 Å². The van der Waals surface area contributed by atoms with Gasteiger partial charge in [-0.3, -0.25) is 9.98 Å². The van der Waals surface area contributed by atoms with E-state index in [1.165, 1.54) is 57.1 Å². The van der Waals surface area contributed by atoms with Crippen molar-refractivity contribution in [3.63, 3.8) is 0 Å². The van der Waals surface area contributed by atoms with E-state index in [1.807, 2.05) is 12.3 Å². The van der Waals surface area contributed by atoms with Gasteiger partial charge in [-0.05, 0) is 74.3 Å². The second kappa shape index (κ2) is 8.96. The summed E-state index contributed by atoms with van der Waals surface area (Å²) in [5.41, 5.74) is 2.30. The number of unbranched alkanes of at least 4 members (excludes halogenated alkanes) is 1. The molecule has 0 saturated heterocycles. The van der Waals surface area contributed by atoms with Gasteiger partial charge < -0.3 is 0 Å². The van der Waals surface area contributed by atoms with Crippen LogP contribution >= 0.6 is 0 Å². The smallest absolute Gasteiger partial charge is 0.0843 e. The summed E-state index contributed by atoms with van der Waals surface area (Å²) in [5, 5.41) is 0. The first-order valence-electron chi connectivity index (χ1n) is 10.6. The maximum absolute atomic E-state index is 4.77. The molecule has 1 aromatic rings. The van der Waals surface area contributed by atoms with Crippen molar-refractivity contribution < 1.29 is 0 Å². The second-order valence-corrected chi connectivity index (χ2v) is 8.80. The van der Waals surface area contributed by atoms with Gasteiger partial charge >= 0.3 is 0 Å². The molecule has 2 aliphatic carbocycles. The fourth-order valence-electron chi connectivity index (χ4n) is 4.49. The van der Waals surface area contributed by atoms with Gasteiger partial charge in [-0.25, -0.2) is 0 Å². The number of hydrogen-bond acceptors (Lipinski definition) is 2. The maximum Gasteiger partial charge on any atom is 0.0843 e. The zero-order chi connectivity index (χ0) is 17.6. The lowest BCUT2D eigenvalue weighted by atomic mass is 9.75. The van der Waals surface area contributed by atoms with E-state index in [4.69, 9.17) is 4.99 Å². The SMILES string of the molecule is CC(C)C1CCC(CCCC=Nc2cccnc2[C@H](C)C2CC2)CC1. The van der Waals surface area contributed by atoms with Crippen molar-refractivity contribution in [2.45, 2.75) is 84.5 Å². The molecule has 2 nitrogen and oxygen atoms in total. The molecule has 0 N–H and O–H groups in total. The van der Waals surface area contributed by atoms with Crippen molar-refractivity contribution in [1.82, 2.24) is 4.98 Å². The molecule has 0 aromatic carbocycles. The summed E-state index contributed by atoms with van der Waals surface area (Å²) in [5.74, 6) is 4.22. The summed E-state index contributed by atoms with van der Waals surface area (Å²) in [6, 6.07) is 4.15. The quantitative estimate of drug-likeness (QED) is 0.372. The van der Waals surface area contributed by atoms with Gasteiger partial charge in [0.25, 0.3) is 0 Å². The minimum atomic E-state index is 0.560. The average Bonchev–Trinajstić information content (AvgIpc) is 3.47. The van der Waals surface area contributed by atoms with E-state index in [0.717, 1.165) is 35.8 Å². The van der Waals surface area contributed by atoms with Crippen LogP contribution in [0.4, 0.5) is 5.69 Å². The standard InChI is InChI=1S/C23H36N2/c1-17(2)20-11-9-19(10-12-20)7-4-5-15-24-22-8-6-16-25-23(22)18(3)21-13-14-21/h6,8,15-21H,4-5,7,9-14H2,1-3H3/t18-,19?,20?/m1/s1. The minimum absolute atomic E-state index is 0.560. The van der Waals surface area contributed by atoms with Crippen LogP contribution in [0.2, 0.25) is 0 Å². The van der Waals surface area contributed by atoms with Gasteiger partial charge in [-0.15, -0.1) is 0 Å². The Hall–Kier alpha value is -1.18. The maximum atomic E-state index is 4.77. The molecule has 25 heavy (non-hydrogen) atoms. The van der Waals surface area contributed by atoms with Crippen molar-refractivity contribution in [3.05, 3.63) is 24.0 Å². The van der Waals surface area contributed by atoms with Crippen molar-refractivity contribution >= 4 is 11.9 Å². The van der Waals surface area contributed by atoms with Crippen LogP contribution in [0.15, 0.2) is 23.3 Å². The van der Waals surface area contributed by atoms with E-state index >= 15 is 0 Å². The monoisotopic (exact) mass is 340 g/mol. The van der Waals surface area contributed by atoms with E-state index in [0.29, 0.717) is 5.92 Å². The number of rotatable bonds is 8. The van der Waals surface area contributed by atoms with Crippen LogP contribution in [0.3, 0.4) is 0 Å². The predicted molar refractivity (Wildman–Crippen MR) is 108 cm³/mol. The molecule has 138 valence electrons. The Kier molecular flexibility index (Phi) is 6.67. The van der Waals surface area contributed by atoms with Gasteiger partial charge in [0, 0.05) is 18.3 Å². The molecule has 2 fully saturated rings. The fraction of sp³-hybridized carbons (Fsp3) is 0.739. The van der Waals surface area contributed by atoms with Crippen LogP contribution in [0.25, 0.3) is 0 Å². The van der Waals surface area contributed by atoms with E-state index in [2.05, 4.69) is 38.0 Å². The third kappa shape index (κ3) is 5.39. The number of pyridine rings is 1. The van der Waals surface area contributed by atoms with Crippen LogP contribution < -0.4 is 0 Å². The van der Waals surface area contributed by atoms with Gasteiger partial charge in [0.1, 0.15) is 0 Å². The highest BCUT2D eigenvalue weighted by Gasteiger charge is 2.31. The fourth-order valence-corrected chi connectivity index (χ4v) is 4.49. The van der Waals surface area contributed by atoms with Gasteiger partial charge in [-0.2, -0.15) is 0 Å². The normalized spacial score (nSPS) is 25.6. The Morgan fingerprint density at radius 3 is 2.48 bits per heavy atom. The van der Waals surface area contributed by atoms with E-state index in [9.17, 15) is 0 Å². The Balaban J connectivity index is 1.41. The molecule has 3 rings (SSSR count). The molecule has 0 aliphatic heterocycles. The van der Waals surface area contributed by atoms with Crippen LogP contribution in [0, 0.1) is 23.7 Å². The van der Waals surface area contributed by atoms with E-state index in [-0.39, 0.29) is 0 Å². The Morgan fingerprint density at radius 2 is 1.80 bits per heavy atom. The molecule has 2 heteroatoms. The highest BCUT2D eigenvalue weighted by atomic mass is 14.8. The second-order valence-electron chi connectivity index (χ2n) is 8.80. The van der Waals surface area contributed by atoms with Crippen molar-refractivity contribution in [2.24, 2.45) is 28.7 Å². The highest BCUT2D eigenvalue weighted by molar-refractivity contribution is 5.64. The average molecular weight is 341 g/mol. The molecule has 2 aliphatic rings. The number of hydrogen-bond donors (Lipinski definition) is 0. The number of aromatic nitrogens is 1. The summed E-state index contributed by atoms with van der Waals surface area (Å²) >= 11 is 0. The molecular weight excluding hydrogens is 304 g/mol. The van der Waals surface area contributed by atoms with Gasteiger partial charge in [0.2, 0.25) is 0 Å². The third-order valence-corrected chi connectivity index (χ3v) is 6.59. The Morgan fingerprint density at radius 1 is 1.08 bits per heavy atom. The molecule has 1 atom stereocenters. The zero-order valence-corrected chi connectivity index (χ0v) is 16.5. The first kappa shape index (κ1) is 18.6. The Bertz CT molecular complexity index is 551. The molecule has 2 saturated carbocycles. The van der Waals surface area contributed by atoms with Crippen LogP contribution in [-0.2, 0) is 0 Å². The van der Waals surface area contributed by atoms with E-state index in [1.54, 1.807) is 0 Å². The zero-order valence-electron chi connectivity index (χ0n) is 16.5. The summed E-state index contributed by atoms with van der Waals surface area (Å²) in [7, 11) is 0. The number of aliphatic imine (C=N–C) groups is 1. The summed E-state index contributed by atoms with van der Waals surface area (Å²) in [6.45, 7) is 7.09. The van der Waals surface area contributed by atoms with Crippen LogP contribution in [0.5, 0.6) is 0 Å². The summed E-state index contributed by atoms with van der Waals surface area (Å²) in [6.07, 6.45) is 16.4.